The summed E-state index contributed by atoms with van der Waals surface area (Å²) in [5, 5.41) is 6.24. The van der Waals surface area contributed by atoms with Gasteiger partial charge in [-0.3, -0.25) is 4.98 Å². The van der Waals surface area contributed by atoms with Crippen LogP contribution in [-0.2, 0) is 12.8 Å². The van der Waals surface area contributed by atoms with Crippen LogP contribution in [0, 0.1) is 6.92 Å². The monoisotopic (exact) mass is 504 g/mol. The lowest BCUT2D eigenvalue weighted by Gasteiger charge is -2.25. The number of benzene rings is 3. The second kappa shape index (κ2) is 12.5. The Balaban J connectivity index is 1.16. The van der Waals surface area contributed by atoms with Crippen molar-refractivity contribution < 1.29 is 4.79 Å². The zero-order chi connectivity index (χ0) is 26.2. The highest BCUT2D eigenvalue weighted by Gasteiger charge is 2.27. The number of hydrogen-bond donors (Lipinski definition) is 2. The van der Waals surface area contributed by atoms with Gasteiger partial charge >= 0.3 is 6.03 Å². The minimum absolute atomic E-state index is 0.127. The summed E-state index contributed by atoms with van der Waals surface area (Å²) >= 11 is 0. The Hall–Kier alpha value is -3.96. The van der Waals surface area contributed by atoms with Gasteiger partial charge in [0, 0.05) is 48.7 Å². The maximum Gasteiger partial charge on any atom is 0.319 e. The van der Waals surface area contributed by atoms with E-state index >= 15 is 0 Å². The second-order valence-electron chi connectivity index (χ2n) is 10.2. The van der Waals surface area contributed by atoms with Crippen molar-refractivity contribution in [2.24, 2.45) is 0 Å². The van der Waals surface area contributed by atoms with Crippen molar-refractivity contribution in [1.82, 2.24) is 15.2 Å². The Morgan fingerprint density at radius 1 is 0.895 bits per heavy atom. The van der Waals surface area contributed by atoms with E-state index in [-0.39, 0.29) is 12.1 Å². The van der Waals surface area contributed by atoms with Crippen LogP contribution in [0.5, 0.6) is 0 Å². The molecular weight excluding hydrogens is 468 g/mol. The molecule has 194 valence electrons. The largest absolute Gasteiger partial charge is 0.334 e. The van der Waals surface area contributed by atoms with E-state index in [1.807, 2.05) is 25.1 Å². The van der Waals surface area contributed by atoms with Crippen LogP contribution in [0.1, 0.15) is 40.4 Å². The Labute approximate surface area is 225 Å². The topological polar surface area (TPSA) is 57.3 Å². The molecule has 1 aliphatic heterocycles. The number of amides is 2. The van der Waals surface area contributed by atoms with E-state index in [2.05, 4.69) is 105 Å². The number of pyridine rings is 1. The Morgan fingerprint density at radius 2 is 1.53 bits per heavy atom. The average Bonchev–Trinajstić information content (AvgIpc) is 3.38. The minimum atomic E-state index is -0.154. The van der Waals surface area contributed by atoms with Gasteiger partial charge in [0.2, 0.25) is 0 Å². The van der Waals surface area contributed by atoms with Gasteiger partial charge in [-0.05, 0) is 55.0 Å². The predicted octanol–water partition coefficient (Wildman–Crippen LogP) is 6.20. The number of likely N-dealkylation sites (tertiary alicyclic amines) is 1. The van der Waals surface area contributed by atoms with Crippen LogP contribution >= 0.6 is 0 Å². The lowest BCUT2D eigenvalue weighted by molar-refractivity contribution is 0.247. The zero-order valence-corrected chi connectivity index (χ0v) is 22.0. The molecule has 0 radical (unpaired) electrons. The van der Waals surface area contributed by atoms with E-state index in [1.54, 1.807) is 0 Å². The van der Waals surface area contributed by atoms with Gasteiger partial charge in [-0.2, -0.15) is 0 Å². The number of carbonyl (C=O) groups is 1. The summed E-state index contributed by atoms with van der Waals surface area (Å²) in [6, 6.07) is 35.7. The predicted molar refractivity (Wildman–Crippen MR) is 155 cm³/mol. The third-order valence-corrected chi connectivity index (χ3v) is 7.23. The van der Waals surface area contributed by atoms with Crippen LogP contribution in [0.25, 0.3) is 0 Å². The highest BCUT2D eigenvalue weighted by Crippen LogP contribution is 2.27. The van der Waals surface area contributed by atoms with Crippen molar-refractivity contribution in [2.75, 3.05) is 25.0 Å². The summed E-state index contributed by atoms with van der Waals surface area (Å²) in [7, 11) is 0. The fourth-order valence-corrected chi connectivity index (χ4v) is 5.36. The highest BCUT2D eigenvalue weighted by molar-refractivity contribution is 5.89. The van der Waals surface area contributed by atoms with Crippen molar-refractivity contribution in [3.63, 3.8) is 0 Å². The SMILES string of the molecule is Cc1cc(NC(=O)NC2CCN(CC(c3ccccc3)c3ccccc3)C2)cc(CCc2ccccc2)n1. The van der Waals surface area contributed by atoms with Crippen molar-refractivity contribution in [2.45, 2.75) is 38.1 Å². The molecule has 5 heteroatoms. The van der Waals surface area contributed by atoms with Crippen LogP contribution < -0.4 is 10.6 Å². The van der Waals surface area contributed by atoms with Crippen LogP contribution in [0.4, 0.5) is 10.5 Å². The van der Waals surface area contributed by atoms with Gasteiger partial charge in [-0.25, -0.2) is 4.79 Å². The average molecular weight is 505 g/mol. The second-order valence-corrected chi connectivity index (χ2v) is 10.2. The van der Waals surface area contributed by atoms with Gasteiger partial charge in [0.25, 0.3) is 0 Å². The molecule has 0 saturated carbocycles. The van der Waals surface area contributed by atoms with Crippen LogP contribution in [-0.4, -0.2) is 41.6 Å². The van der Waals surface area contributed by atoms with E-state index in [0.717, 1.165) is 56.0 Å². The summed E-state index contributed by atoms with van der Waals surface area (Å²) in [5.74, 6) is 0.305. The number of anilines is 1. The van der Waals surface area contributed by atoms with Crippen LogP contribution in [0.15, 0.2) is 103 Å². The number of nitrogens with zero attached hydrogens (tertiary/aromatic N) is 2. The first-order valence-electron chi connectivity index (χ1n) is 13.5. The van der Waals surface area contributed by atoms with E-state index in [0.29, 0.717) is 5.92 Å². The zero-order valence-electron chi connectivity index (χ0n) is 22.0. The first kappa shape index (κ1) is 25.7. The number of hydrogen-bond acceptors (Lipinski definition) is 3. The van der Waals surface area contributed by atoms with Gasteiger partial charge in [0.05, 0.1) is 0 Å². The third-order valence-electron chi connectivity index (χ3n) is 7.23. The summed E-state index contributed by atoms with van der Waals surface area (Å²) in [5.41, 5.74) is 6.62. The molecule has 0 aliphatic carbocycles. The molecule has 38 heavy (non-hydrogen) atoms. The molecule has 1 unspecified atom stereocenters. The van der Waals surface area contributed by atoms with Crippen LogP contribution in [0.3, 0.4) is 0 Å². The molecule has 1 fully saturated rings. The molecule has 0 bridgehead atoms. The molecule has 2 amide bonds. The molecule has 5 rings (SSSR count). The molecule has 1 atom stereocenters. The quantitative estimate of drug-likeness (QED) is 0.285. The maximum atomic E-state index is 12.9. The first-order valence-corrected chi connectivity index (χ1v) is 13.5. The molecule has 1 saturated heterocycles. The number of carbonyl (C=O) groups excluding carboxylic acids is 1. The lowest BCUT2D eigenvalue weighted by Crippen LogP contribution is -2.40. The Kier molecular flexibility index (Phi) is 8.46. The molecule has 0 spiro atoms. The Bertz CT molecular complexity index is 1270. The van der Waals surface area contributed by atoms with Gasteiger partial charge in [0.1, 0.15) is 0 Å². The summed E-state index contributed by atoms with van der Waals surface area (Å²) in [4.78, 5) is 20.0. The van der Waals surface area contributed by atoms with Crippen molar-refractivity contribution >= 4 is 11.7 Å². The standard InChI is InChI=1S/C33H36N4O/c1-25-21-31(22-29(34-25)18-17-26-11-5-2-6-12-26)36-33(38)35-30-19-20-37(23-30)24-32(27-13-7-3-8-14-27)28-15-9-4-10-16-28/h2-16,21-22,30,32H,17-20,23-24H2,1H3,(H2,34,35,36,38). The molecule has 1 aliphatic rings. The lowest BCUT2D eigenvalue weighted by atomic mass is 9.91. The fourth-order valence-electron chi connectivity index (χ4n) is 5.36. The van der Waals surface area contributed by atoms with Crippen molar-refractivity contribution in [1.29, 1.82) is 0 Å². The van der Waals surface area contributed by atoms with Gasteiger partial charge in [-0.15, -0.1) is 0 Å². The normalized spacial score (nSPS) is 15.5. The van der Waals surface area contributed by atoms with Gasteiger partial charge in [0.15, 0.2) is 0 Å². The molecular formula is C33H36N4O. The fraction of sp³-hybridized carbons (Fsp3) is 0.273. The van der Waals surface area contributed by atoms with E-state index in [9.17, 15) is 4.79 Å². The van der Waals surface area contributed by atoms with Crippen molar-refractivity contribution in [3.8, 4) is 0 Å². The molecule has 2 heterocycles. The molecule has 5 nitrogen and oxygen atoms in total. The molecule has 1 aromatic heterocycles. The molecule has 3 aromatic carbocycles. The van der Waals surface area contributed by atoms with Gasteiger partial charge < -0.3 is 15.5 Å². The van der Waals surface area contributed by atoms with Crippen molar-refractivity contribution in [3.05, 3.63) is 131 Å². The number of aryl methyl sites for hydroxylation is 3. The summed E-state index contributed by atoms with van der Waals surface area (Å²) < 4.78 is 0. The first-order chi connectivity index (χ1) is 18.6. The smallest absolute Gasteiger partial charge is 0.319 e. The number of nitrogens with one attached hydrogen (secondary N) is 2. The minimum Gasteiger partial charge on any atom is -0.334 e. The number of rotatable bonds is 9. The third kappa shape index (κ3) is 7.08. The van der Waals surface area contributed by atoms with Gasteiger partial charge in [-0.1, -0.05) is 91.0 Å². The van der Waals surface area contributed by atoms with E-state index < -0.39 is 0 Å². The molecule has 2 N–H and O–H groups in total. The van der Waals surface area contributed by atoms with Crippen LogP contribution in [0.2, 0.25) is 0 Å². The highest BCUT2D eigenvalue weighted by atomic mass is 16.2. The van der Waals surface area contributed by atoms with E-state index in [4.69, 9.17) is 0 Å². The molecule has 4 aromatic rings. The number of urea groups is 1. The summed E-state index contributed by atoms with van der Waals surface area (Å²) in [6.07, 6.45) is 2.71. The number of aromatic nitrogens is 1. The maximum absolute atomic E-state index is 12.9. The van der Waals surface area contributed by atoms with E-state index in [1.165, 1.54) is 16.7 Å². The summed E-state index contributed by atoms with van der Waals surface area (Å²) in [6.45, 7) is 4.72. The Morgan fingerprint density at radius 3 is 2.18 bits per heavy atom.